The summed E-state index contributed by atoms with van der Waals surface area (Å²) in [5.74, 6) is 0.605. The number of imidazole rings is 1. The first-order chi connectivity index (χ1) is 14.0. The molecule has 0 bridgehead atoms. The fourth-order valence-corrected chi connectivity index (χ4v) is 3.41. The molecule has 150 valence electrons. The fourth-order valence-electron chi connectivity index (χ4n) is 3.41. The SMILES string of the molecule is COc1cc(NC(=O)C(C)n2cnc3c(N)ncnc32)ccc1N1CCCC1=O. The third-order valence-corrected chi connectivity index (χ3v) is 5.00. The molecule has 3 aromatic rings. The number of nitrogens with one attached hydrogen (secondary N) is 1. The van der Waals surface area contributed by atoms with Crippen LogP contribution in [-0.4, -0.2) is 45.0 Å². The van der Waals surface area contributed by atoms with Crippen LogP contribution in [0.3, 0.4) is 0 Å². The van der Waals surface area contributed by atoms with Crippen molar-refractivity contribution in [3.63, 3.8) is 0 Å². The first-order valence-electron chi connectivity index (χ1n) is 9.22. The van der Waals surface area contributed by atoms with E-state index in [1.807, 2.05) is 0 Å². The summed E-state index contributed by atoms with van der Waals surface area (Å²) in [5.41, 5.74) is 8.01. The van der Waals surface area contributed by atoms with Gasteiger partial charge in [0.15, 0.2) is 11.5 Å². The molecule has 0 spiro atoms. The predicted octanol–water partition coefficient (Wildman–Crippen LogP) is 1.74. The number of nitrogens with two attached hydrogens (primary N) is 1. The summed E-state index contributed by atoms with van der Waals surface area (Å²) in [4.78, 5) is 38.8. The topological polar surface area (TPSA) is 128 Å². The van der Waals surface area contributed by atoms with Gasteiger partial charge in [-0.1, -0.05) is 0 Å². The molecule has 10 heteroatoms. The molecule has 0 aliphatic carbocycles. The molecule has 2 aromatic heterocycles. The van der Waals surface area contributed by atoms with E-state index in [-0.39, 0.29) is 17.6 Å². The summed E-state index contributed by atoms with van der Waals surface area (Å²) in [5, 5.41) is 2.87. The number of fused-ring (bicyclic) bond motifs is 1. The zero-order valence-corrected chi connectivity index (χ0v) is 16.1. The van der Waals surface area contributed by atoms with Crippen molar-refractivity contribution < 1.29 is 14.3 Å². The van der Waals surface area contributed by atoms with Crippen LogP contribution in [0.15, 0.2) is 30.9 Å². The smallest absolute Gasteiger partial charge is 0.247 e. The number of amides is 2. The number of benzene rings is 1. The van der Waals surface area contributed by atoms with Crippen LogP contribution < -0.4 is 20.7 Å². The Bertz CT molecular complexity index is 1090. The second-order valence-electron chi connectivity index (χ2n) is 6.78. The van der Waals surface area contributed by atoms with Gasteiger partial charge >= 0.3 is 0 Å². The highest BCUT2D eigenvalue weighted by atomic mass is 16.5. The Morgan fingerprint density at radius 2 is 2.14 bits per heavy atom. The highest BCUT2D eigenvalue weighted by Gasteiger charge is 2.25. The zero-order chi connectivity index (χ0) is 20.5. The van der Waals surface area contributed by atoms with Crippen molar-refractivity contribution in [1.29, 1.82) is 0 Å². The van der Waals surface area contributed by atoms with Crippen molar-refractivity contribution in [1.82, 2.24) is 19.5 Å². The number of nitrogen functional groups attached to an aromatic ring is 1. The van der Waals surface area contributed by atoms with Gasteiger partial charge in [0.05, 0.1) is 19.1 Å². The van der Waals surface area contributed by atoms with Gasteiger partial charge in [-0.15, -0.1) is 0 Å². The zero-order valence-electron chi connectivity index (χ0n) is 16.1. The molecule has 1 unspecified atom stereocenters. The van der Waals surface area contributed by atoms with Crippen LogP contribution in [0, 0.1) is 0 Å². The molecule has 0 saturated carbocycles. The number of carbonyl (C=O) groups is 2. The maximum absolute atomic E-state index is 12.8. The molecule has 2 amide bonds. The van der Waals surface area contributed by atoms with E-state index in [4.69, 9.17) is 10.5 Å². The van der Waals surface area contributed by atoms with E-state index < -0.39 is 6.04 Å². The molecule has 3 heterocycles. The van der Waals surface area contributed by atoms with Gasteiger partial charge in [0.1, 0.15) is 23.6 Å². The van der Waals surface area contributed by atoms with Crippen molar-refractivity contribution in [3.05, 3.63) is 30.9 Å². The highest BCUT2D eigenvalue weighted by Crippen LogP contribution is 2.34. The van der Waals surface area contributed by atoms with Gasteiger partial charge in [-0.2, -0.15) is 0 Å². The molecule has 1 fully saturated rings. The summed E-state index contributed by atoms with van der Waals surface area (Å²) < 4.78 is 7.08. The van der Waals surface area contributed by atoms with E-state index in [0.717, 1.165) is 6.42 Å². The summed E-state index contributed by atoms with van der Waals surface area (Å²) >= 11 is 0. The normalized spacial score (nSPS) is 15.0. The second-order valence-corrected chi connectivity index (χ2v) is 6.78. The van der Waals surface area contributed by atoms with Crippen LogP contribution in [0.2, 0.25) is 0 Å². The number of carbonyl (C=O) groups excluding carboxylic acids is 2. The van der Waals surface area contributed by atoms with Gasteiger partial charge in [-0.05, 0) is 25.5 Å². The second kappa shape index (κ2) is 7.38. The third-order valence-electron chi connectivity index (χ3n) is 5.00. The Kier molecular flexibility index (Phi) is 4.75. The van der Waals surface area contributed by atoms with Gasteiger partial charge in [-0.3, -0.25) is 9.59 Å². The molecule has 1 atom stereocenters. The number of rotatable bonds is 5. The molecule has 1 aromatic carbocycles. The number of methoxy groups -OCH3 is 1. The summed E-state index contributed by atoms with van der Waals surface area (Å²) in [7, 11) is 1.54. The molecule has 1 aliphatic rings. The van der Waals surface area contributed by atoms with Gasteiger partial charge in [0.2, 0.25) is 11.8 Å². The average Bonchev–Trinajstić information content (AvgIpc) is 3.34. The molecule has 1 aliphatic heterocycles. The molecule has 4 rings (SSSR count). The lowest BCUT2D eigenvalue weighted by Gasteiger charge is -2.20. The maximum Gasteiger partial charge on any atom is 0.247 e. The van der Waals surface area contributed by atoms with E-state index in [9.17, 15) is 9.59 Å². The molecule has 29 heavy (non-hydrogen) atoms. The Morgan fingerprint density at radius 3 is 2.86 bits per heavy atom. The van der Waals surface area contributed by atoms with Crippen LogP contribution in [0.1, 0.15) is 25.8 Å². The summed E-state index contributed by atoms with van der Waals surface area (Å²) in [6, 6.07) is 4.65. The van der Waals surface area contributed by atoms with Crippen molar-refractivity contribution >= 4 is 40.2 Å². The Labute approximate surface area is 166 Å². The lowest BCUT2D eigenvalue weighted by Crippen LogP contribution is -2.25. The Balaban J connectivity index is 1.56. The third kappa shape index (κ3) is 3.33. The number of aromatic nitrogens is 4. The highest BCUT2D eigenvalue weighted by molar-refractivity contribution is 5.98. The van der Waals surface area contributed by atoms with Crippen molar-refractivity contribution in [2.45, 2.75) is 25.8 Å². The number of nitrogens with zero attached hydrogens (tertiary/aromatic N) is 5. The van der Waals surface area contributed by atoms with Crippen molar-refractivity contribution in [3.8, 4) is 5.75 Å². The molecule has 3 N–H and O–H groups in total. The van der Waals surface area contributed by atoms with Crippen LogP contribution >= 0.6 is 0 Å². The lowest BCUT2D eigenvalue weighted by molar-refractivity contribution is -0.119. The molecule has 1 saturated heterocycles. The van der Waals surface area contributed by atoms with E-state index in [0.29, 0.717) is 41.3 Å². The predicted molar refractivity (Wildman–Crippen MR) is 108 cm³/mol. The van der Waals surface area contributed by atoms with Gasteiger partial charge in [0, 0.05) is 24.7 Å². The molecule has 10 nitrogen and oxygen atoms in total. The van der Waals surface area contributed by atoms with Crippen LogP contribution in [0.5, 0.6) is 5.75 Å². The lowest BCUT2D eigenvalue weighted by atomic mass is 10.2. The molecular weight excluding hydrogens is 374 g/mol. The monoisotopic (exact) mass is 395 g/mol. The largest absolute Gasteiger partial charge is 0.494 e. The number of anilines is 3. The first-order valence-corrected chi connectivity index (χ1v) is 9.22. The fraction of sp³-hybridized carbons (Fsp3) is 0.316. The van der Waals surface area contributed by atoms with E-state index in [2.05, 4.69) is 20.3 Å². The summed E-state index contributed by atoms with van der Waals surface area (Å²) in [6.07, 6.45) is 4.21. The number of ether oxygens (including phenoxy) is 1. The average molecular weight is 395 g/mol. The van der Waals surface area contributed by atoms with Gasteiger partial charge in [0.25, 0.3) is 0 Å². The first kappa shape index (κ1) is 18.7. The number of hydrogen-bond donors (Lipinski definition) is 2. The standard InChI is InChI=1S/C19H21N7O3/c1-11(26-10-23-16-17(20)21-9-22-18(16)26)19(28)24-12-5-6-13(14(8-12)29-2)25-7-3-4-15(25)27/h5-6,8-11H,3-4,7H2,1-2H3,(H,24,28)(H2,20,21,22). The summed E-state index contributed by atoms with van der Waals surface area (Å²) in [6.45, 7) is 2.40. The molecular formula is C19H21N7O3. The van der Waals surface area contributed by atoms with Crippen molar-refractivity contribution in [2.24, 2.45) is 0 Å². The minimum atomic E-state index is -0.583. The van der Waals surface area contributed by atoms with Crippen LogP contribution in [0.4, 0.5) is 17.2 Å². The van der Waals surface area contributed by atoms with Gasteiger partial charge in [-0.25, -0.2) is 15.0 Å². The van der Waals surface area contributed by atoms with Crippen LogP contribution in [0.25, 0.3) is 11.2 Å². The minimum Gasteiger partial charge on any atom is -0.494 e. The Morgan fingerprint density at radius 1 is 1.31 bits per heavy atom. The van der Waals surface area contributed by atoms with E-state index >= 15 is 0 Å². The van der Waals surface area contributed by atoms with Crippen LogP contribution in [-0.2, 0) is 9.59 Å². The van der Waals surface area contributed by atoms with E-state index in [1.54, 1.807) is 34.6 Å². The maximum atomic E-state index is 12.8. The van der Waals surface area contributed by atoms with Crippen molar-refractivity contribution in [2.75, 3.05) is 29.6 Å². The molecule has 0 radical (unpaired) electrons. The Hall–Kier alpha value is -3.69. The number of hydrogen-bond acceptors (Lipinski definition) is 7. The minimum absolute atomic E-state index is 0.0713. The van der Waals surface area contributed by atoms with Gasteiger partial charge < -0.3 is 25.3 Å². The van der Waals surface area contributed by atoms with E-state index in [1.165, 1.54) is 19.8 Å². The quantitative estimate of drug-likeness (QED) is 0.673.